The van der Waals surface area contributed by atoms with Gasteiger partial charge in [-0.25, -0.2) is 17.9 Å². The Morgan fingerprint density at radius 3 is 2.65 bits per heavy atom. The number of carbonyl (C=O) groups is 2. The minimum atomic E-state index is -3.03. The quantitative estimate of drug-likeness (QED) is 0.273. The van der Waals surface area contributed by atoms with E-state index >= 15 is 0 Å². The van der Waals surface area contributed by atoms with E-state index in [2.05, 4.69) is 41.1 Å². The molecule has 1 atom stereocenters. The molecule has 0 aliphatic carbocycles. The van der Waals surface area contributed by atoms with Gasteiger partial charge in [-0.05, 0) is 48.7 Å². The van der Waals surface area contributed by atoms with Gasteiger partial charge in [0, 0.05) is 31.1 Å². The van der Waals surface area contributed by atoms with Crippen LogP contribution in [0.3, 0.4) is 0 Å². The summed E-state index contributed by atoms with van der Waals surface area (Å²) < 4.78 is 42.8. The maximum absolute atomic E-state index is 14.6. The van der Waals surface area contributed by atoms with Gasteiger partial charge in [-0.15, -0.1) is 10.2 Å². The van der Waals surface area contributed by atoms with Gasteiger partial charge in [0.2, 0.25) is 5.91 Å². The number of aryl methyl sites for hydroxylation is 1. The van der Waals surface area contributed by atoms with Crippen molar-refractivity contribution in [2.45, 2.75) is 51.4 Å². The molecule has 0 bridgehead atoms. The van der Waals surface area contributed by atoms with Crippen molar-refractivity contribution in [2.24, 2.45) is 0 Å². The molecule has 208 valence electrons. The van der Waals surface area contributed by atoms with Gasteiger partial charge in [0.15, 0.2) is 11.5 Å². The van der Waals surface area contributed by atoms with Crippen LogP contribution in [-0.4, -0.2) is 53.1 Å². The highest BCUT2D eigenvalue weighted by atomic mass is 19.3. The minimum absolute atomic E-state index is 0.0452. The van der Waals surface area contributed by atoms with Crippen molar-refractivity contribution in [1.82, 2.24) is 40.5 Å². The summed E-state index contributed by atoms with van der Waals surface area (Å²) in [6.45, 7) is 0.555. The third-order valence-corrected chi connectivity index (χ3v) is 5.70. The van der Waals surface area contributed by atoms with Crippen molar-refractivity contribution < 1.29 is 22.8 Å². The van der Waals surface area contributed by atoms with E-state index in [-0.39, 0.29) is 54.6 Å². The maximum Gasteiger partial charge on any atom is 0.273 e. The van der Waals surface area contributed by atoms with E-state index in [9.17, 15) is 22.8 Å². The van der Waals surface area contributed by atoms with Crippen LogP contribution in [0.1, 0.15) is 46.3 Å². The van der Waals surface area contributed by atoms with Gasteiger partial charge in [-0.1, -0.05) is 11.3 Å². The van der Waals surface area contributed by atoms with Crippen LogP contribution in [0.2, 0.25) is 0 Å². The van der Waals surface area contributed by atoms with Crippen molar-refractivity contribution >= 4 is 17.6 Å². The summed E-state index contributed by atoms with van der Waals surface area (Å²) in [5.41, 5.74) is 1.31. The van der Waals surface area contributed by atoms with E-state index in [4.69, 9.17) is 0 Å². The highest BCUT2D eigenvalue weighted by Crippen LogP contribution is 2.26. The summed E-state index contributed by atoms with van der Waals surface area (Å²) in [4.78, 5) is 32.4. The number of hydrogen-bond donors (Lipinski definition) is 2. The Morgan fingerprint density at radius 1 is 1.07 bits per heavy atom. The average molecular weight is 554 g/mol. The van der Waals surface area contributed by atoms with Crippen molar-refractivity contribution in [3.63, 3.8) is 0 Å². The normalized spacial score (nSPS) is 12.1. The molecule has 0 saturated carbocycles. The summed E-state index contributed by atoms with van der Waals surface area (Å²) in [7, 11) is 0. The van der Waals surface area contributed by atoms with Crippen LogP contribution >= 0.6 is 0 Å². The number of hydrogen-bond acceptors (Lipinski definition) is 8. The molecular weight excluding hydrogens is 527 g/mol. The number of pyridine rings is 2. The Balaban J connectivity index is 1.20. The van der Waals surface area contributed by atoms with Crippen molar-refractivity contribution in [2.75, 3.05) is 5.32 Å². The van der Waals surface area contributed by atoms with Crippen LogP contribution in [0.4, 0.5) is 19.0 Å². The number of nitrogens with zero attached hydrogens (tertiary/aromatic N) is 7. The summed E-state index contributed by atoms with van der Waals surface area (Å²) >= 11 is 0. The standard InChI is InChI=1S/C26H26F3N9O2/c1-26(28,29)18-8-10-31-21(12-18)14-32-25(40)22-16-38(37-35-22)15-19(27)4-5-20-6-7-23(36-34-20)33-24(39)11-17-3-2-9-30-13-17/h2-3,6-10,12-13,16,19H,4-5,11,14-15H2,1H3,(H,32,40)(H,33,36,39). The predicted molar refractivity (Wildman–Crippen MR) is 137 cm³/mol. The van der Waals surface area contributed by atoms with Crippen LogP contribution in [0.15, 0.2) is 61.2 Å². The predicted octanol–water partition coefficient (Wildman–Crippen LogP) is 3.05. The fourth-order valence-corrected chi connectivity index (χ4v) is 3.63. The Bertz CT molecular complexity index is 1430. The van der Waals surface area contributed by atoms with Gasteiger partial charge in [0.1, 0.15) is 6.17 Å². The van der Waals surface area contributed by atoms with E-state index in [1.54, 1.807) is 36.7 Å². The molecule has 4 heterocycles. The average Bonchev–Trinajstić information content (AvgIpc) is 3.40. The second-order valence-corrected chi connectivity index (χ2v) is 9.06. The molecule has 4 aromatic rings. The van der Waals surface area contributed by atoms with Gasteiger partial charge in [0.25, 0.3) is 11.8 Å². The van der Waals surface area contributed by atoms with Crippen LogP contribution in [0.5, 0.6) is 0 Å². The topological polar surface area (TPSA) is 140 Å². The zero-order chi connectivity index (χ0) is 28.5. The number of aromatic nitrogens is 7. The molecular formula is C26H26F3N9O2. The molecule has 14 heteroatoms. The molecule has 1 unspecified atom stereocenters. The Labute approximate surface area is 227 Å². The fourth-order valence-electron chi connectivity index (χ4n) is 3.63. The number of nitrogens with one attached hydrogen (secondary N) is 2. The molecule has 11 nitrogen and oxygen atoms in total. The SMILES string of the molecule is CC(F)(F)c1ccnc(CNC(=O)c2cn(CC(F)CCc3ccc(NC(=O)Cc4cccnc4)nn3)nn2)c1. The minimum Gasteiger partial charge on any atom is -0.345 e. The highest BCUT2D eigenvalue weighted by molar-refractivity contribution is 5.92. The monoisotopic (exact) mass is 553 g/mol. The van der Waals surface area contributed by atoms with E-state index in [1.165, 1.54) is 29.2 Å². The lowest BCUT2D eigenvalue weighted by Crippen LogP contribution is -2.24. The van der Waals surface area contributed by atoms with Crippen molar-refractivity contribution in [3.05, 3.63) is 89.4 Å². The van der Waals surface area contributed by atoms with Gasteiger partial charge >= 0.3 is 0 Å². The summed E-state index contributed by atoms with van der Waals surface area (Å²) in [6.07, 6.45) is 5.04. The number of carbonyl (C=O) groups excluding carboxylic acids is 2. The molecule has 4 rings (SSSR count). The molecule has 0 aliphatic rings. The fraction of sp³-hybridized carbons (Fsp3) is 0.308. The van der Waals surface area contributed by atoms with Crippen LogP contribution in [-0.2, 0) is 36.6 Å². The lowest BCUT2D eigenvalue weighted by molar-refractivity contribution is -0.115. The second kappa shape index (κ2) is 12.9. The number of rotatable bonds is 12. The van der Waals surface area contributed by atoms with E-state index in [0.717, 1.165) is 12.5 Å². The van der Waals surface area contributed by atoms with Crippen LogP contribution < -0.4 is 10.6 Å². The smallest absolute Gasteiger partial charge is 0.273 e. The lowest BCUT2D eigenvalue weighted by Gasteiger charge is -2.11. The zero-order valence-corrected chi connectivity index (χ0v) is 21.5. The summed E-state index contributed by atoms with van der Waals surface area (Å²) in [5, 5.41) is 20.7. The molecule has 0 saturated heterocycles. The number of halogens is 3. The maximum atomic E-state index is 14.6. The zero-order valence-electron chi connectivity index (χ0n) is 21.5. The first-order valence-electron chi connectivity index (χ1n) is 12.3. The van der Waals surface area contributed by atoms with Crippen molar-refractivity contribution in [3.8, 4) is 0 Å². The third-order valence-electron chi connectivity index (χ3n) is 5.70. The highest BCUT2D eigenvalue weighted by Gasteiger charge is 2.24. The first-order chi connectivity index (χ1) is 19.2. The molecule has 0 aromatic carbocycles. The van der Waals surface area contributed by atoms with E-state index in [1.807, 2.05) is 0 Å². The molecule has 2 amide bonds. The molecule has 40 heavy (non-hydrogen) atoms. The van der Waals surface area contributed by atoms with E-state index in [0.29, 0.717) is 12.1 Å². The van der Waals surface area contributed by atoms with Crippen LogP contribution in [0.25, 0.3) is 0 Å². The molecule has 2 N–H and O–H groups in total. The summed E-state index contributed by atoms with van der Waals surface area (Å²) in [6, 6.07) is 9.21. The first kappa shape index (κ1) is 28.3. The number of alkyl halides is 3. The number of anilines is 1. The second-order valence-electron chi connectivity index (χ2n) is 9.06. The molecule has 0 spiro atoms. The Kier molecular flexibility index (Phi) is 9.09. The molecule has 0 fully saturated rings. The molecule has 0 aliphatic heterocycles. The van der Waals surface area contributed by atoms with Gasteiger partial charge in [-0.3, -0.25) is 19.6 Å². The van der Waals surface area contributed by atoms with Gasteiger partial charge in [0.05, 0.1) is 37.1 Å². The van der Waals surface area contributed by atoms with Crippen molar-refractivity contribution in [1.29, 1.82) is 0 Å². The lowest BCUT2D eigenvalue weighted by atomic mass is 10.1. The van der Waals surface area contributed by atoms with Gasteiger partial charge in [-0.2, -0.15) is 5.10 Å². The molecule has 4 aromatic heterocycles. The molecule has 0 radical (unpaired) electrons. The summed E-state index contributed by atoms with van der Waals surface area (Å²) in [5.74, 6) is -3.59. The van der Waals surface area contributed by atoms with Crippen LogP contribution in [0, 0.1) is 0 Å². The number of amides is 2. The first-order valence-corrected chi connectivity index (χ1v) is 12.3. The van der Waals surface area contributed by atoms with Gasteiger partial charge < -0.3 is 10.6 Å². The third kappa shape index (κ3) is 8.38. The Morgan fingerprint density at radius 2 is 1.93 bits per heavy atom. The van der Waals surface area contributed by atoms with E-state index < -0.39 is 18.0 Å². The largest absolute Gasteiger partial charge is 0.345 e. The Hall–Kier alpha value is -4.75.